The van der Waals surface area contributed by atoms with Crippen LogP contribution < -0.4 is 4.72 Å². The summed E-state index contributed by atoms with van der Waals surface area (Å²) in [6, 6.07) is 5.20. The minimum absolute atomic E-state index is 0.230. The monoisotopic (exact) mass is 357 g/mol. The maximum Gasteiger partial charge on any atom is 0.241 e. The van der Waals surface area contributed by atoms with Gasteiger partial charge in [-0.15, -0.1) is 0 Å². The number of rotatable bonds is 4. The number of benzene rings is 1. The van der Waals surface area contributed by atoms with Gasteiger partial charge in [-0.2, -0.15) is 5.10 Å². The molecule has 2 rings (SSSR count). The van der Waals surface area contributed by atoms with E-state index in [2.05, 4.69) is 25.8 Å². The van der Waals surface area contributed by atoms with Crippen LogP contribution in [0.1, 0.15) is 16.8 Å². The lowest BCUT2D eigenvalue weighted by atomic mass is 10.2. The van der Waals surface area contributed by atoms with Gasteiger partial charge in [0, 0.05) is 29.8 Å². The van der Waals surface area contributed by atoms with Gasteiger partial charge in [0.2, 0.25) is 10.0 Å². The first kappa shape index (κ1) is 15.2. The van der Waals surface area contributed by atoms with Gasteiger partial charge in [0.15, 0.2) is 0 Å². The largest absolute Gasteiger partial charge is 0.275 e. The second-order valence-electron chi connectivity index (χ2n) is 4.65. The van der Waals surface area contributed by atoms with Crippen LogP contribution in [0.4, 0.5) is 0 Å². The SMILES string of the molecule is Cc1ccc(Br)cc1S(=O)(=O)NCc1cn(C)nc1C. The molecule has 0 aliphatic carbocycles. The smallest absolute Gasteiger partial charge is 0.241 e. The Morgan fingerprint density at radius 1 is 1.35 bits per heavy atom. The van der Waals surface area contributed by atoms with Crippen LogP contribution in [0.15, 0.2) is 33.8 Å². The first-order valence-electron chi connectivity index (χ1n) is 6.04. The van der Waals surface area contributed by atoms with Crippen molar-refractivity contribution in [2.45, 2.75) is 25.3 Å². The Kier molecular flexibility index (Phi) is 4.31. The Morgan fingerprint density at radius 2 is 2.05 bits per heavy atom. The molecule has 0 aliphatic heterocycles. The topological polar surface area (TPSA) is 64.0 Å². The summed E-state index contributed by atoms with van der Waals surface area (Å²) >= 11 is 3.29. The number of aryl methyl sites for hydroxylation is 3. The predicted molar refractivity (Wildman–Crippen MR) is 80.8 cm³/mol. The van der Waals surface area contributed by atoms with Crippen molar-refractivity contribution in [3.05, 3.63) is 45.7 Å². The van der Waals surface area contributed by atoms with Gasteiger partial charge >= 0.3 is 0 Å². The molecule has 1 aromatic heterocycles. The van der Waals surface area contributed by atoms with Gasteiger partial charge in [-0.25, -0.2) is 13.1 Å². The van der Waals surface area contributed by atoms with E-state index in [9.17, 15) is 8.42 Å². The molecule has 0 amide bonds. The average molecular weight is 358 g/mol. The number of hydrogen-bond acceptors (Lipinski definition) is 3. The van der Waals surface area contributed by atoms with E-state index >= 15 is 0 Å². The molecule has 1 aromatic carbocycles. The Labute approximate surface area is 127 Å². The minimum Gasteiger partial charge on any atom is -0.275 e. The summed E-state index contributed by atoms with van der Waals surface area (Å²) in [5.74, 6) is 0. The molecule has 20 heavy (non-hydrogen) atoms. The van der Waals surface area contributed by atoms with Crippen molar-refractivity contribution in [1.29, 1.82) is 0 Å². The summed E-state index contributed by atoms with van der Waals surface area (Å²) < 4.78 is 29.7. The molecule has 2 aromatic rings. The van der Waals surface area contributed by atoms with E-state index in [1.165, 1.54) is 0 Å². The zero-order chi connectivity index (χ0) is 14.9. The highest BCUT2D eigenvalue weighted by Gasteiger charge is 2.17. The van der Waals surface area contributed by atoms with Crippen molar-refractivity contribution in [2.75, 3.05) is 0 Å². The predicted octanol–water partition coefficient (Wildman–Crippen LogP) is 2.28. The van der Waals surface area contributed by atoms with Crippen LogP contribution in [0.25, 0.3) is 0 Å². The molecule has 0 bridgehead atoms. The molecule has 0 fully saturated rings. The Morgan fingerprint density at radius 3 is 2.65 bits per heavy atom. The van der Waals surface area contributed by atoms with Crippen molar-refractivity contribution in [2.24, 2.45) is 7.05 Å². The zero-order valence-electron chi connectivity index (χ0n) is 11.5. The van der Waals surface area contributed by atoms with E-state index in [0.29, 0.717) is 5.56 Å². The lowest BCUT2D eigenvalue weighted by Gasteiger charge is -2.09. The molecular weight excluding hydrogens is 342 g/mol. The summed E-state index contributed by atoms with van der Waals surface area (Å²) in [4.78, 5) is 0.286. The number of hydrogen-bond donors (Lipinski definition) is 1. The molecule has 7 heteroatoms. The molecule has 0 aliphatic rings. The van der Waals surface area contributed by atoms with Crippen LogP contribution in [0.3, 0.4) is 0 Å². The fourth-order valence-corrected chi connectivity index (χ4v) is 3.72. The highest BCUT2D eigenvalue weighted by Crippen LogP contribution is 2.20. The Hall–Kier alpha value is -1.18. The lowest BCUT2D eigenvalue weighted by molar-refractivity contribution is 0.580. The Bertz CT molecular complexity index is 738. The van der Waals surface area contributed by atoms with Crippen molar-refractivity contribution in [1.82, 2.24) is 14.5 Å². The molecule has 1 heterocycles. The molecule has 0 spiro atoms. The van der Waals surface area contributed by atoms with Crippen LogP contribution >= 0.6 is 15.9 Å². The molecule has 0 atom stereocenters. The second kappa shape index (κ2) is 5.67. The maximum absolute atomic E-state index is 12.3. The third-order valence-corrected chi connectivity index (χ3v) is 5.04. The van der Waals surface area contributed by atoms with Crippen LogP contribution in [-0.4, -0.2) is 18.2 Å². The summed E-state index contributed by atoms with van der Waals surface area (Å²) in [6.45, 7) is 3.86. The first-order valence-corrected chi connectivity index (χ1v) is 8.32. The van der Waals surface area contributed by atoms with Gasteiger partial charge in [0.05, 0.1) is 10.6 Å². The van der Waals surface area contributed by atoms with Crippen molar-refractivity contribution >= 4 is 26.0 Å². The van der Waals surface area contributed by atoms with E-state index < -0.39 is 10.0 Å². The molecule has 108 valence electrons. The maximum atomic E-state index is 12.3. The summed E-state index contributed by atoms with van der Waals surface area (Å²) in [7, 11) is -1.73. The van der Waals surface area contributed by atoms with Gasteiger partial charge in [-0.05, 0) is 31.5 Å². The van der Waals surface area contributed by atoms with E-state index in [1.54, 1.807) is 23.7 Å². The highest BCUT2D eigenvalue weighted by molar-refractivity contribution is 9.10. The van der Waals surface area contributed by atoms with Crippen LogP contribution in [-0.2, 0) is 23.6 Å². The average Bonchev–Trinajstić information content (AvgIpc) is 2.68. The zero-order valence-corrected chi connectivity index (χ0v) is 13.9. The van der Waals surface area contributed by atoms with Gasteiger partial charge in [0.25, 0.3) is 0 Å². The second-order valence-corrected chi connectivity index (χ2v) is 7.30. The number of nitrogens with zero attached hydrogens (tertiary/aromatic N) is 2. The third kappa shape index (κ3) is 3.28. The van der Waals surface area contributed by atoms with Gasteiger partial charge in [-0.1, -0.05) is 22.0 Å². The number of halogens is 1. The van der Waals surface area contributed by atoms with Crippen LogP contribution in [0.2, 0.25) is 0 Å². The van der Waals surface area contributed by atoms with Gasteiger partial charge < -0.3 is 0 Å². The van der Waals surface area contributed by atoms with Crippen molar-refractivity contribution in [3.8, 4) is 0 Å². The van der Waals surface area contributed by atoms with Crippen LogP contribution in [0.5, 0.6) is 0 Å². The normalized spacial score (nSPS) is 11.8. The molecular formula is C13H16BrN3O2S. The molecule has 0 saturated carbocycles. The van der Waals surface area contributed by atoms with E-state index in [4.69, 9.17) is 0 Å². The van der Waals surface area contributed by atoms with E-state index in [0.717, 1.165) is 15.7 Å². The molecule has 0 saturated heterocycles. The molecule has 0 unspecified atom stereocenters. The van der Waals surface area contributed by atoms with Crippen molar-refractivity contribution < 1.29 is 8.42 Å². The Balaban J connectivity index is 2.23. The highest BCUT2D eigenvalue weighted by atomic mass is 79.9. The minimum atomic E-state index is -3.54. The fraction of sp³-hybridized carbons (Fsp3) is 0.308. The molecule has 0 radical (unpaired) electrons. The summed E-state index contributed by atoms with van der Waals surface area (Å²) in [6.07, 6.45) is 1.81. The standard InChI is InChI=1S/C13H16BrN3O2S/c1-9-4-5-12(14)6-13(9)20(18,19)15-7-11-8-17(3)16-10(11)2/h4-6,8,15H,7H2,1-3H3. The quantitative estimate of drug-likeness (QED) is 0.912. The number of aromatic nitrogens is 2. The number of nitrogens with one attached hydrogen (secondary N) is 1. The molecule has 5 nitrogen and oxygen atoms in total. The first-order chi connectivity index (χ1) is 9.29. The van der Waals surface area contributed by atoms with Gasteiger partial charge in [0.1, 0.15) is 0 Å². The number of sulfonamides is 1. The van der Waals surface area contributed by atoms with E-state index in [-0.39, 0.29) is 11.4 Å². The summed E-state index contributed by atoms with van der Waals surface area (Å²) in [5, 5.41) is 4.19. The fourth-order valence-electron chi connectivity index (χ4n) is 1.94. The third-order valence-electron chi connectivity index (χ3n) is 3.01. The molecule has 1 N–H and O–H groups in total. The van der Waals surface area contributed by atoms with Crippen LogP contribution in [0, 0.1) is 13.8 Å². The van der Waals surface area contributed by atoms with Crippen molar-refractivity contribution in [3.63, 3.8) is 0 Å². The summed E-state index contributed by atoms with van der Waals surface area (Å²) in [5.41, 5.74) is 2.40. The lowest BCUT2D eigenvalue weighted by Crippen LogP contribution is -2.24. The van der Waals surface area contributed by atoms with E-state index in [1.807, 2.05) is 26.2 Å². The van der Waals surface area contributed by atoms with Gasteiger partial charge in [-0.3, -0.25) is 4.68 Å².